The molecule has 1 fully saturated rings. The second-order valence-electron chi connectivity index (χ2n) is 3.95. The van der Waals surface area contributed by atoms with E-state index in [-0.39, 0.29) is 29.2 Å². The first-order valence-electron chi connectivity index (χ1n) is 5.01. The van der Waals surface area contributed by atoms with Crippen LogP contribution in [0.3, 0.4) is 0 Å². The molecule has 1 aromatic rings. The minimum Gasteiger partial charge on any atom is -0.459 e. The van der Waals surface area contributed by atoms with E-state index in [4.69, 9.17) is 4.42 Å². The van der Waals surface area contributed by atoms with E-state index in [2.05, 4.69) is 0 Å². The third-order valence-corrected chi connectivity index (χ3v) is 4.56. The van der Waals surface area contributed by atoms with Crippen LogP contribution < -0.4 is 0 Å². The highest BCUT2D eigenvalue weighted by molar-refractivity contribution is 7.91. The van der Waals surface area contributed by atoms with Crippen molar-refractivity contribution >= 4 is 15.7 Å². The van der Waals surface area contributed by atoms with E-state index in [9.17, 15) is 13.2 Å². The lowest BCUT2D eigenvalue weighted by Crippen LogP contribution is -2.37. The number of carbonyl (C=O) groups excluding carboxylic acids is 1. The fraction of sp³-hybridized carbons (Fsp3) is 0.500. The standard InChI is InChI=1S/C10H13NO4S/c1-11(8-4-6-16(13,14)7-8)10(12)9-3-2-5-15-9/h2-3,5,8H,4,6-7H2,1H3/t8-/m0/s1. The Hall–Kier alpha value is -1.30. The van der Waals surface area contributed by atoms with Crippen molar-refractivity contribution in [3.63, 3.8) is 0 Å². The van der Waals surface area contributed by atoms with Crippen LogP contribution in [0.2, 0.25) is 0 Å². The second kappa shape index (κ2) is 3.93. The summed E-state index contributed by atoms with van der Waals surface area (Å²) in [4.78, 5) is 13.3. The molecule has 1 aliphatic rings. The molecule has 0 aliphatic carbocycles. The van der Waals surface area contributed by atoms with Crippen molar-refractivity contribution in [1.29, 1.82) is 0 Å². The maximum Gasteiger partial charge on any atom is 0.289 e. The Labute approximate surface area is 94.0 Å². The highest BCUT2D eigenvalue weighted by atomic mass is 32.2. The van der Waals surface area contributed by atoms with Gasteiger partial charge in [0.25, 0.3) is 5.91 Å². The zero-order chi connectivity index (χ0) is 11.8. The zero-order valence-corrected chi connectivity index (χ0v) is 9.74. The van der Waals surface area contributed by atoms with Gasteiger partial charge in [0.05, 0.1) is 17.8 Å². The van der Waals surface area contributed by atoms with Gasteiger partial charge in [-0.25, -0.2) is 8.42 Å². The first-order valence-corrected chi connectivity index (χ1v) is 6.83. The van der Waals surface area contributed by atoms with Crippen LogP contribution in [0.25, 0.3) is 0 Å². The van der Waals surface area contributed by atoms with Crippen molar-refractivity contribution in [3.05, 3.63) is 24.2 Å². The minimum atomic E-state index is -2.97. The Bertz CT molecular complexity index is 477. The van der Waals surface area contributed by atoms with Gasteiger partial charge >= 0.3 is 0 Å². The van der Waals surface area contributed by atoms with Gasteiger partial charge in [-0.2, -0.15) is 0 Å². The van der Waals surface area contributed by atoms with Crippen LogP contribution in [0.4, 0.5) is 0 Å². The molecule has 6 heteroatoms. The van der Waals surface area contributed by atoms with Gasteiger partial charge in [-0.3, -0.25) is 4.79 Å². The molecule has 5 nitrogen and oxygen atoms in total. The van der Waals surface area contributed by atoms with Gasteiger partial charge in [0, 0.05) is 13.1 Å². The first-order chi connectivity index (χ1) is 7.49. The number of nitrogens with zero attached hydrogens (tertiary/aromatic N) is 1. The normalized spacial score (nSPS) is 23.2. The number of carbonyl (C=O) groups is 1. The van der Waals surface area contributed by atoms with Gasteiger partial charge < -0.3 is 9.32 Å². The molecule has 1 atom stereocenters. The summed E-state index contributed by atoms with van der Waals surface area (Å²) in [5, 5.41) is 0. The van der Waals surface area contributed by atoms with E-state index < -0.39 is 9.84 Å². The number of furan rings is 1. The molecule has 1 aliphatic heterocycles. The number of amides is 1. The highest BCUT2D eigenvalue weighted by Crippen LogP contribution is 2.18. The maximum absolute atomic E-state index is 11.8. The third-order valence-electron chi connectivity index (χ3n) is 2.81. The molecule has 0 radical (unpaired) electrons. The molecule has 0 bridgehead atoms. The summed E-state index contributed by atoms with van der Waals surface area (Å²) in [5.74, 6) is 0.183. The van der Waals surface area contributed by atoms with Crippen molar-refractivity contribution in [1.82, 2.24) is 4.90 Å². The largest absolute Gasteiger partial charge is 0.459 e. The Morgan fingerprint density at radius 1 is 1.56 bits per heavy atom. The van der Waals surface area contributed by atoms with Gasteiger partial charge in [0.15, 0.2) is 15.6 Å². The van der Waals surface area contributed by atoms with Gasteiger partial charge in [-0.1, -0.05) is 0 Å². The van der Waals surface area contributed by atoms with Crippen LogP contribution in [-0.4, -0.2) is 43.8 Å². The summed E-state index contributed by atoms with van der Waals surface area (Å²) in [6.07, 6.45) is 1.93. The van der Waals surface area contributed by atoms with Crippen molar-refractivity contribution in [2.75, 3.05) is 18.6 Å². The lowest BCUT2D eigenvalue weighted by atomic mass is 10.2. The van der Waals surface area contributed by atoms with Crippen molar-refractivity contribution in [2.45, 2.75) is 12.5 Å². The predicted molar refractivity (Wildman–Crippen MR) is 57.9 cm³/mol. The average Bonchev–Trinajstić information content (AvgIpc) is 2.84. The third kappa shape index (κ3) is 2.11. The van der Waals surface area contributed by atoms with E-state index in [1.807, 2.05) is 0 Å². The van der Waals surface area contributed by atoms with Crippen LogP contribution in [0, 0.1) is 0 Å². The SMILES string of the molecule is CN(C(=O)c1ccco1)[C@H]1CCS(=O)(=O)C1. The molecule has 1 aromatic heterocycles. The molecule has 0 aromatic carbocycles. The van der Waals surface area contributed by atoms with E-state index >= 15 is 0 Å². The molecule has 2 heterocycles. The highest BCUT2D eigenvalue weighted by Gasteiger charge is 2.33. The lowest BCUT2D eigenvalue weighted by Gasteiger charge is -2.21. The molecule has 0 N–H and O–H groups in total. The molecule has 0 spiro atoms. The molecule has 0 saturated carbocycles. The van der Waals surface area contributed by atoms with Crippen LogP contribution >= 0.6 is 0 Å². The van der Waals surface area contributed by atoms with Gasteiger partial charge in [0.1, 0.15) is 0 Å². The first kappa shape index (κ1) is 11.2. The summed E-state index contributed by atoms with van der Waals surface area (Å²) in [6, 6.07) is 2.97. The molecule has 16 heavy (non-hydrogen) atoms. The van der Waals surface area contributed by atoms with Crippen LogP contribution in [0.15, 0.2) is 22.8 Å². The topological polar surface area (TPSA) is 67.6 Å². The zero-order valence-electron chi connectivity index (χ0n) is 8.92. The minimum absolute atomic E-state index is 0.0515. The predicted octanol–water partition coefficient (Wildman–Crippen LogP) is 0.539. The van der Waals surface area contributed by atoms with Gasteiger partial charge in [-0.05, 0) is 18.6 Å². The molecule has 1 amide bonds. The van der Waals surface area contributed by atoms with Crippen molar-refractivity contribution in [3.8, 4) is 0 Å². The van der Waals surface area contributed by atoms with Crippen LogP contribution in [0.5, 0.6) is 0 Å². The fourth-order valence-electron chi connectivity index (χ4n) is 1.82. The Morgan fingerprint density at radius 2 is 2.31 bits per heavy atom. The lowest BCUT2D eigenvalue weighted by molar-refractivity contribution is 0.0715. The molecule has 1 saturated heterocycles. The van der Waals surface area contributed by atoms with E-state index in [1.165, 1.54) is 11.2 Å². The molecule has 0 unspecified atom stereocenters. The summed E-state index contributed by atoms with van der Waals surface area (Å²) < 4.78 is 27.6. The summed E-state index contributed by atoms with van der Waals surface area (Å²) in [6.45, 7) is 0. The Balaban J connectivity index is 2.09. The number of hydrogen-bond donors (Lipinski definition) is 0. The van der Waals surface area contributed by atoms with Crippen molar-refractivity contribution in [2.24, 2.45) is 0 Å². The van der Waals surface area contributed by atoms with Crippen LogP contribution in [0.1, 0.15) is 17.0 Å². The van der Waals surface area contributed by atoms with Crippen LogP contribution in [-0.2, 0) is 9.84 Å². The number of sulfone groups is 1. The van der Waals surface area contributed by atoms with Crippen molar-refractivity contribution < 1.29 is 17.6 Å². The molecule has 88 valence electrons. The fourth-order valence-corrected chi connectivity index (χ4v) is 3.60. The summed E-state index contributed by atoms with van der Waals surface area (Å²) >= 11 is 0. The Morgan fingerprint density at radius 3 is 2.81 bits per heavy atom. The van der Waals surface area contributed by atoms with E-state index in [0.717, 1.165) is 0 Å². The monoisotopic (exact) mass is 243 g/mol. The smallest absolute Gasteiger partial charge is 0.289 e. The maximum atomic E-state index is 11.8. The van der Waals surface area contributed by atoms with Gasteiger partial charge in [0.2, 0.25) is 0 Å². The molecular weight excluding hydrogens is 230 g/mol. The van der Waals surface area contributed by atoms with E-state index in [1.54, 1.807) is 19.2 Å². The van der Waals surface area contributed by atoms with Gasteiger partial charge in [-0.15, -0.1) is 0 Å². The average molecular weight is 243 g/mol. The summed E-state index contributed by atoms with van der Waals surface area (Å²) in [7, 11) is -1.36. The second-order valence-corrected chi connectivity index (χ2v) is 6.18. The molecule has 2 rings (SSSR count). The quantitative estimate of drug-likeness (QED) is 0.760. The molecular formula is C10H13NO4S. The Kier molecular flexibility index (Phi) is 2.75. The number of rotatable bonds is 2. The summed E-state index contributed by atoms with van der Waals surface area (Å²) in [5.41, 5.74) is 0. The van der Waals surface area contributed by atoms with E-state index in [0.29, 0.717) is 6.42 Å². The number of hydrogen-bond acceptors (Lipinski definition) is 4.